The molecule has 18 heavy (non-hydrogen) atoms. The molecule has 0 unspecified atom stereocenters. The van der Waals surface area contributed by atoms with E-state index in [0.29, 0.717) is 24.6 Å². The van der Waals surface area contributed by atoms with Crippen molar-refractivity contribution in [3.8, 4) is 6.07 Å². The molecule has 1 fully saturated rings. The monoisotopic (exact) mass is 307 g/mol. The predicted molar refractivity (Wildman–Crippen MR) is 73.1 cm³/mol. The van der Waals surface area contributed by atoms with E-state index >= 15 is 0 Å². The van der Waals surface area contributed by atoms with E-state index in [9.17, 15) is 4.79 Å². The molecule has 4 nitrogen and oxygen atoms in total. The van der Waals surface area contributed by atoms with Crippen LogP contribution in [0, 0.1) is 11.3 Å². The second-order valence-electron chi connectivity index (χ2n) is 4.29. The highest BCUT2D eigenvalue weighted by Crippen LogP contribution is 2.23. The van der Waals surface area contributed by atoms with Gasteiger partial charge in [-0.3, -0.25) is 4.79 Å². The van der Waals surface area contributed by atoms with E-state index in [4.69, 9.17) is 5.26 Å². The molecule has 1 amide bonds. The number of rotatable bonds is 5. The van der Waals surface area contributed by atoms with Crippen LogP contribution in [0.15, 0.2) is 22.7 Å². The van der Waals surface area contributed by atoms with Crippen LogP contribution in [0.1, 0.15) is 24.8 Å². The van der Waals surface area contributed by atoms with Gasteiger partial charge >= 0.3 is 0 Å². The molecule has 0 heterocycles. The molecular formula is C13H14BrN3O. The molecule has 0 bridgehead atoms. The Bertz CT molecular complexity index is 491. The van der Waals surface area contributed by atoms with Crippen molar-refractivity contribution in [3.63, 3.8) is 0 Å². The van der Waals surface area contributed by atoms with Crippen molar-refractivity contribution in [1.29, 1.82) is 5.26 Å². The number of carbonyl (C=O) groups excluding carboxylic acids is 1. The number of hydrogen-bond acceptors (Lipinski definition) is 3. The maximum atomic E-state index is 11.5. The highest BCUT2D eigenvalue weighted by molar-refractivity contribution is 9.10. The van der Waals surface area contributed by atoms with Crippen LogP contribution in [0.4, 0.5) is 5.69 Å². The van der Waals surface area contributed by atoms with Crippen molar-refractivity contribution >= 4 is 27.5 Å². The standard InChI is InChI=1S/C13H14BrN3O/c14-11-2-1-3-12(10(11)8-15)16-7-6-13(18)17-9-4-5-9/h1-3,9,16H,4-7H2,(H,17,18). The third-order valence-corrected chi connectivity index (χ3v) is 3.40. The van der Waals surface area contributed by atoms with E-state index in [1.165, 1.54) is 0 Å². The Kier molecular flexibility index (Phi) is 4.21. The van der Waals surface area contributed by atoms with Crippen molar-refractivity contribution in [3.05, 3.63) is 28.2 Å². The van der Waals surface area contributed by atoms with E-state index in [1.807, 2.05) is 18.2 Å². The average Bonchev–Trinajstić information content (AvgIpc) is 3.13. The third kappa shape index (κ3) is 3.47. The number of nitrogens with one attached hydrogen (secondary N) is 2. The van der Waals surface area contributed by atoms with E-state index in [1.54, 1.807) is 0 Å². The lowest BCUT2D eigenvalue weighted by atomic mass is 10.2. The van der Waals surface area contributed by atoms with Gasteiger partial charge in [-0.25, -0.2) is 0 Å². The molecule has 0 spiro atoms. The zero-order valence-electron chi connectivity index (χ0n) is 9.87. The number of amides is 1. The number of halogens is 1. The van der Waals surface area contributed by atoms with Gasteiger partial charge < -0.3 is 10.6 Å². The molecule has 0 radical (unpaired) electrons. The molecule has 0 aliphatic heterocycles. The van der Waals surface area contributed by atoms with Crippen molar-refractivity contribution in [2.75, 3.05) is 11.9 Å². The Hall–Kier alpha value is -1.54. The Morgan fingerprint density at radius 1 is 1.50 bits per heavy atom. The highest BCUT2D eigenvalue weighted by Gasteiger charge is 2.22. The number of nitrogens with zero attached hydrogens (tertiary/aromatic N) is 1. The van der Waals surface area contributed by atoms with Gasteiger partial charge in [0.2, 0.25) is 5.91 Å². The van der Waals surface area contributed by atoms with Crippen LogP contribution in [0.5, 0.6) is 0 Å². The average molecular weight is 308 g/mol. The van der Waals surface area contributed by atoms with Gasteiger partial charge in [0.15, 0.2) is 0 Å². The van der Waals surface area contributed by atoms with Crippen LogP contribution in [0.3, 0.4) is 0 Å². The van der Waals surface area contributed by atoms with E-state index in [2.05, 4.69) is 32.6 Å². The van der Waals surface area contributed by atoms with Crippen LogP contribution in [-0.4, -0.2) is 18.5 Å². The lowest BCUT2D eigenvalue weighted by Gasteiger charge is -2.09. The summed E-state index contributed by atoms with van der Waals surface area (Å²) in [5, 5.41) is 15.1. The van der Waals surface area contributed by atoms with Crippen LogP contribution < -0.4 is 10.6 Å². The molecule has 1 aromatic carbocycles. The van der Waals surface area contributed by atoms with E-state index in [-0.39, 0.29) is 5.91 Å². The molecule has 94 valence electrons. The van der Waals surface area contributed by atoms with Crippen LogP contribution >= 0.6 is 15.9 Å². The molecule has 2 rings (SSSR count). The fraction of sp³-hybridized carbons (Fsp3) is 0.385. The number of benzene rings is 1. The molecular weight excluding hydrogens is 294 g/mol. The first kappa shape index (κ1) is 12.9. The normalized spacial score (nSPS) is 13.8. The van der Waals surface area contributed by atoms with Gasteiger partial charge in [-0.05, 0) is 40.9 Å². The first-order valence-electron chi connectivity index (χ1n) is 5.92. The number of hydrogen-bond donors (Lipinski definition) is 2. The minimum atomic E-state index is 0.0681. The Morgan fingerprint density at radius 2 is 2.28 bits per heavy atom. The summed E-state index contributed by atoms with van der Waals surface area (Å²) < 4.78 is 0.762. The fourth-order valence-electron chi connectivity index (χ4n) is 1.62. The summed E-state index contributed by atoms with van der Waals surface area (Å²) in [5.41, 5.74) is 1.33. The molecule has 2 N–H and O–H groups in total. The molecule has 1 aliphatic rings. The molecule has 0 aromatic heterocycles. The maximum Gasteiger partial charge on any atom is 0.221 e. The highest BCUT2D eigenvalue weighted by atomic mass is 79.9. The third-order valence-electron chi connectivity index (χ3n) is 2.74. The minimum absolute atomic E-state index is 0.0681. The molecule has 0 atom stereocenters. The fourth-order valence-corrected chi connectivity index (χ4v) is 2.08. The van der Waals surface area contributed by atoms with Gasteiger partial charge in [0.05, 0.1) is 11.3 Å². The summed E-state index contributed by atoms with van der Waals surface area (Å²) in [6, 6.07) is 8.05. The SMILES string of the molecule is N#Cc1c(Br)cccc1NCCC(=O)NC1CC1. The van der Waals surface area contributed by atoms with Crippen molar-refractivity contribution in [1.82, 2.24) is 5.32 Å². The Balaban J connectivity index is 1.84. The number of anilines is 1. The largest absolute Gasteiger partial charge is 0.383 e. The Morgan fingerprint density at radius 3 is 2.94 bits per heavy atom. The minimum Gasteiger partial charge on any atom is -0.383 e. The van der Waals surface area contributed by atoms with Crippen LogP contribution in [0.25, 0.3) is 0 Å². The molecule has 1 aromatic rings. The summed E-state index contributed by atoms with van der Waals surface area (Å²) in [4.78, 5) is 11.5. The zero-order chi connectivity index (χ0) is 13.0. The number of nitriles is 1. The van der Waals surface area contributed by atoms with Gasteiger partial charge in [-0.1, -0.05) is 6.07 Å². The van der Waals surface area contributed by atoms with Gasteiger partial charge in [0, 0.05) is 23.5 Å². The van der Waals surface area contributed by atoms with Crippen molar-refractivity contribution < 1.29 is 4.79 Å². The zero-order valence-corrected chi connectivity index (χ0v) is 11.5. The molecule has 1 aliphatic carbocycles. The van der Waals surface area contributed by atoms with Gasteiger partial charge in [0.1, 0.15) is 6.07 Å². The maximum absolute atomic E-state index is 11.5. The second kappa shape index (κ2) is 5.87. The first-order valence-corrected chi connectivity index (χ1v) is 6.72. The summed E-state index contributed by atoms with van der Waals surface area (Å²) in [6.07, 6.45) is 2.63. The first-order chi connectivity index (χ1) is 8.70. The molecule has 0 saturated heterocycles. The lowest BCUT2D eigenvalue weighted by molar-refractivity contribution is -0.120. The summed E-state index contributed by atoms with van der Waals surface area (Å²) in [5.74, 6) is 0.0681. The topological polar surface area (TPSA) is 64.9 Å². The summed E-state index contributed by atoms with van der Waals surface area (Å²) in [6.45, 7) is 0.531. The van der Waals surface area contributed by atoms with Crippen LogP contribution in [-0.2, 0) is 4.79 Å². The lowest BCUT2D eigenvalue weighted by Crippen LogP contribution is -2.27. The van der Waals surface area contributed by atoms with E-state index in [0.717, 1.165) is 23.0 Å². The van der Waals surface area contributed by atoms with Crippen molar-refractivity contribution in [2.24, 2.45) is 0 Å². The predicted octanol–water partition coefficient (Wildman–Crippen LogP) is 2.40. The smallest absolute Gasteiger partial charge is 0.221 e. The van der Waals surface area contributed by atoms with E-state index < -0.39 is 0 Å². The Labute approximate surface area is 115 Å². The molecule has 5 heteroatoms. The van der Waals surface area contributed by atoms with Gasteiger partial charge in [0.25, 0.3) is 0 Å². The molecule has 1 saturated carbocycles. The quantitative estimate of drug-likeness (QED) is 0.878. The second-order valence-corrected chi connectivity index (χ2v) is 5.15. The van der Waals surface area contributed by atoms with Gasteiger partial charge in [-0.2, -0.15) is 5.26 Å². The number of carbonyl (C=O) groups is 1. The summed E-state index contributed by atoms with van der Waals surface area (Å²) in [7, 11) is 0. The summed E-state index contributed by atoms with van der Waals surface area (Å²) >= 11 is 3.33. The van der Waals surface area contributed by atoms with Gasteiger partial charge in [-0.15, -0.1) is 0 Å². The van der Waals surface area contributed by atoms with Crippen molar-refractivity contribution in [2.45, 2.75) is 25.3 Å². The van der Waals surface area contributed by atoms with Crippen LogP contribution in [0.2, 0.25) is 0 Å².